The molecule has 2 N–H and O–H groups in total. The van der Waals surface area contributed by atoms with Gasteiger partial charge in [0.05, 0.1) is 0 Å². The van der Waals surface area contributed by atoms with Crippen molar-refractivity contribution in [1.29, 1.82) is 0 Å². The number of hydrogen-bond donors (Lipinski definition) is 2. The van der Waals surface area contributed by atoms with Gasteiger partial charge in [-0.05, 0) is 18.6 Å². The highest BCUT2D eigenvalue weighted by Gasteiger charge is 2.18. The summed E-state index contributed by atoms with van der Waals surface area (Å²) in [5, 5.41) is 6.46. The van der Waals surface area contributed by atoms with Crippen LogP contribution in [0.15, 0.2) is 54.6 Å². The van der Waals surface area contributed by atoms with Gasteiger partial charge in [-0.1, -0.05) is 48.5 Å². The Balaban J connectivity index is 1.62. The first kappa shape index (κ1) is 16.7. The predicted octanol–water partition coefficient (Wildman–Crippen LogP) is 2.98. The van der Waals surface area contributed by atoms with Gasteiger partial charge in [0.15, 0.2) is 0 Å². The molecule has 4 nitrogen and oxygen atoms in total. The highest BCUT2D eigenvalue weighted by Crippen LogP contribution is 2.27. The van der Waals surface area contributed by atoms with Crippen molar-refractivity contribution < 1.29 is 4.79 Å². The van der Waals surface area contributed by atoms with Crippen LogP contribution in [-0.4, -0.2) is 43.0 Å². The number of benzene rings is 2. The van der Waals surface area contributed by atoms with Crippen LogP contribution in [0.3, 0.4) is 0 Å². The lowest BCUT2D eigenvalue weighted by Crippen LogP contribution is -2.50. The van der Waals surface area contributed by atoms with Crippen molar-refractivity contribution in [1.82, 2.24) is 10.2 Å². The Morgan fingerprint density at radius 3 is 2.71 bits per heavy atom. The average Bonchev–Trinajstić information content (AvgIpc) is 2.62. The molecule has 0 aliphatic carbocycles. The van der Waals surface area contributed by atoms with Gasteiger partial charge in [-0.15, -0.1) is 0 Å². The summed E-state index contributed by atoms with van der Waals surface area (Å²) in [6, 6.07) is 18.6. The molecule has 1 aliphatic rings. The minimum atomic E-state index is 0.0733. The van der Waals surface area contributed by atoms with Crippen LogP contribution < -0.4 is 10.6 Å². The summed E-state index contributed by atoms with van der Waals surface area (Å²) < 4.78 is 0. The second-order valence-electron chi connectivity index (χ2n) is 6.30. The number of anilines is 1. The molecule has 1 heterocycles. The first-order valence-corrected chi connectivity index (χ1v) is 8.63. The van der Waals surface area contributed by atoms with Crippen LogP contribution in [0.1, 0.15) is 13.3 Å². The van der Waals surface area contributed by atoms with Crippen LogP contribution in [0, 0.1) is 0 Å². The molecule has 1 amide bonds. The number of piperazine rings is 1. The van der Waals surface area contributed by atoms with E-state index >= 15 is 0 Å². The molecule has 0 unspecified atom stereocenters. The van der Waals surface area contributed by atoms with Crippen molar-refractivity contribution in [3.05, 3.63) is 54.6 Å². The van der Waals surface area contributed by atoms with Gasteiger partial charge in [0.2, 0.25) is 5.91 Å². The number of nitrogens with zero attached hydrogens (tertiary/aromatic N) is 1. The monoisotopic (exact) mass is 323 g/mol. The van der Waals surface area contributed by atoms with E-state index in [0.717, 1.165) is 43.0 Å². The zero-order chi connectivity index (χ0) is 16.8. The minimum Gasteiger partial charge on any atom is -0.325 e. The van der Waals surface area contributed by atoms with Gasteiger partial charge in [-0.25, -0.2) is 0 Å². The maximum atomic E-state index is 12.4. The molecule has 0 spiro atoms. The number of carbonyl (C=O) groups excluding carboxylic acids is 1. The zero-order valence-corrected chi connectivity index (χ0v) is 14.2. The number of para-hydroxylation sites is 1. The first-order chi connectivity index (χ1) is 11.7. The van der Waals surface area contributed by atoms with E-state index in [2.05, 4.69) is 34.6 Å². The molecule has 1 aliphatic heterocycles. The summed E-state index contributed by atoms with van der Waals surface area (Å²) in [7, 11) is 0. The fourth-order valence-corrected chi connectivity index (χ4v) is 3.13. The second kappa shape index (κ2) is 8.08. The molecule has 2 aromatic rings. The van der Waals surface area contributed by atoms with E-state index in [1.807, 2.05) is 42.5 Å². The van der Waals surface area contributed by atoms with Crippen LogP contribution in [0.2, 0.25) is 0 Å². The van der Waals surface area contributed by atoms with Crippen molar-refractivity contribution in [2.75, 3.05) is 31.5 Å². The van der Waals surface area contributed by atoms with Gasteiger partial charge in [0.25, 0.3) is 0 Å². The quantitative estimate of drug-likeness (QED) is 0.889. The number of nitrogens with one attached hydrogen (secondary N) is 2. The normalized spacial score (nSPS) is 18.3. The molecule has 24 heavy (non-hydrogen) atoms. The third-order valence-corrected chi connectivity index (χ3v) is 4.55. The fraction of sp³-hybridized carbons (Fsp3) is 0.350. The third-order valence-electron chi connectivity index (χ3n) is 4.55. The minimum absolute atomic E-state index is 0.0733. The molecule has 126 valence electrons. The Morgan fingerprint density at radius 1 is 1.17 bits per heavy atom. The van der Waals surface area contributed by atoms with Crippen molar-refractivity contribution in [2.45, 2.75) is 19.4 Å². The van der Waals surface area contributed by atoms with Crippen molar-refractivity contribution in [3.8, 4) is 11.1 Å². The van der Waals surface area contributed by atoms with E-state index in [0.29, 0.717) is 12.5 Å². The zero-order valence-electron chi connectivity index (χ0n) is 14.2. The van der Waals surface area contributed by atoms with Gasteiger partial charge in [-0.3, -0.25) is 9.69 Å². The first-order valence-electron chi connectivity index (χ1n) is 8.63. The molecule has 0 radical (unpaired) electrons. The molecule has 4 heteroatoms. The van der Waals surface area contributed by atoms with E-state index in [-0.39, 0.29) is 5.91 Å². The Morgan fingerprint density at radius 2 is 1.92 bits per heavy atom. The molecule has 1 saturated heterocycles. The second-order valence-corrected chi connectivity index (χ2v) is 6.30. The van der Waals surface area contributed by atoms with Crippen LogP contribution in [-0.2, 0) is 4.79 Å². The molecule has 0 saturated carbocycles. The Hall–Kier alpha value is -2.17. The van der Waals surface area contributed by atoms with Gasteiger partial charge >= 0.3 is 0 Å². The Bertz CT molecular complexity index is 672. The van der Waals surface area contributed by atoms with Crippen LogP contribution >= 0.6 is 0 Å². The van der Waals surface area contributed by atoms with Gasteiger partial charge in [-0.2, -0.15) is 0 Å². The van der Waals surface area contributed by atoms with E-state index in [1.165, 1.54) is 0 Å². The molecule has 0 bridgehead atoms. The van der Waals surface area contributed by atoms with Crippen molar-refractivity contribution >= 4 is 11.6 Å². The lowest BCUT2D eigenvalue weighted by molar-refractivity contribution is -0.116. The Kier molecular flexibility index (Phi) is 5.62. The van der Waals surface area contributed by atoms with Gasteiger partial charge < -0.3 is 10.6 Å². The van der Waals surface area contributed by atoms with Crippen LogP contribution in [0.4, 0.5) is 5.69 Å². The molecule has 3 rings (SSSR count). The van der Waals surface area contributed by atoms with Gasteiger partial charge in [0.1, 0.15) is 0 Å². The lowest BCUT2D eigenvalue weighted by Gasteiger charge is -2.33. The maximum absolute atomic E-state index is 12.4. The Labute approximate surface area is 143 Å². The van der Waals surface area contributed by atoms with Crippen LogP contribution in [0.5, 0.6) is 0 Å². The largest absolute Gasteiger partial charge is 0.325 e. The average molecular weight is 323 g/mol. The topological polar surface area (TPSA) is 44.4 Å². The fourth-order valence-electron chi connectivity index (χ4n) is 3.13. The van der Waals surface area contributed by atoms with E-state index in [9.17, 15) is 4.79 Å². The summed E-state index contributed by atoms with van der Waals surface area (Å²) in [6.07, 6.45) is 0.521. The van der Waals surface area contributed by atoms with E-state index in [1.54, 1.807) is 0 Å². The standard InChI is InChI=1S/C20H25N3O/c1-16-15-21-12-14-23(16)13-11-20(24)22-19-10-6-5-9-18(19)17-7-3-2-4-8-17/h2-10,16,21H,11-15H2,1H3,(H,22,24)/t16-/m0/s1. The summed E-state index contributed by atoms with van der Waals surface area (Å²) in [5.74, 6) is 0.0733. The highest BCUT2D eigenvalue weighted by molar-refractivity contribution is 5.95. The number of hydrogen-bond acceptors (Lipinski definition) is 3. The summed E-state index contributed by atoms with van der Waals surface area (Å²) in [4.78, 5) is 14.8. The summed E-state index contributed by atoms with van der Waals surface area (Å²) in [6.45, 7) is 6.02. The smallest absolute Gasteiger partial charge is 0.225 e. The molecule has 1 atom stereocenters. The number of amides is 1. The molecule has 0 aromatic heterocycles. The number of rotatable bonds is 5. The molecular weight excluding hydrogens is 298 g/mol. The molecular formula is C20H25N3O. The van der Waals surface area contributed by atoms with E-state index < -0.39 is 0 Å². The van der Waals surface area contributed by atoms with Gasteiger partial charge in [0, 0.05) is 49.9 Å². The molecule has 2 aromatic carbocycles. The van der Waals surface area contributed by atoms with Crippen LogP contribution in [0.25, 0.3) is 11.1 Å². The molecule has 1 fully saturated rings. The predicted molar refractivity (Wildman–Crippen MR) is 99.0 cm³/mol. The summed E-state index contributed by atoms with van der Waals surface area (Å²) in [5.41, 5.74) is 3.05. The van der Waals surface area contributed by atoms with E-state index in [4.69, 9.17) is 0 Å². The highest BCUT2D eigenvalue weighted by atomic mass is 16.1. The number of carbonyl (C=O) groups is 1. The van der Waals surface area contributed by atoms with Crippen molar-refractivity contribution in [3.63, 3.8) is 0 Å². The maximum Gasteiger partial charge on any atom is 0.225 e. The SMILES string of the molecule is C[C@H]1CNCCN1CCC(=O)Nc1ccccc1-c1ccccc1. The lowest BCUT2D eigenvalue weighted by atomic mass is 10.0. The third kappa shape index (κ3) is 4.22. The summed E-state index contributed by atoms with van der Waals surface area (Å²) >= 11 is 0. The van der Waals surface area contributed by atoms with Crippen molar-refractivity contribution in [2.24, 2.45) is 0 Å².